The fourth-order valence-electron chi connectivity index (χ4n) is 2.10. The minimum Gasteiger partial charge on any atom is -0.491 e. The van der Waals surface area contributed by atoms with Crippen LogP contribution in [0.4, 0.5) is 0 Å². The number of ether oxygens (including phenoxy) is 1. The molecule has 0 bridgehead atoms. The van der Waals surface area contributed by atoms with Crippen molar-refractivity contribution in [3.63, 3.8) is 0 Å². The number of benzene rings is 2. The van der Waals surface area contributed by atoms with Gasteiger partial charge in [0.15, 0.2) is 0 Å². The van der Waals surface area contributed by atoms with Crippen molar-refractivity contribution in [2.24, 2.45) is 5.73 Å². The fourth-order valence-corrected chi connectivity index (χ4v) is 8.06. The van der Waals surface area contributed by atoms with Crippen LogP contribution in [0.1, 0.15) is 12.0 Å². The van der Waals surface area contributed by atoms with Crippen molar-refractivity contribution in [1.29, 1.82) is 0 Å². The lowest BCUT2D eigenvalue weighted by molar-refractivity contribution is -0.136. The molecule has 0 saturated carbocycles. The first-order valence-corrected chi connectivity index (χ1v) is 12.6. The van der Waals surface area contributed by atoms with Crippen LogP contribution in [-0.4, -0.2) is 24.2 Å². The SMILES string of the molecule is NCCCOc1c(I)cc(Sc2c(I)cc(CC(=O)O)cc2I)cc1I. The Hall–Kier alpha value is 0.940. The second-order valence-electron chi connectivity index (χ2n) is 5.27. The summed E-state index contributed by atoms with van der Waals surface area (Å²) in [6.07, 6.45) is 0.878. The Bertz CT molecular complexity index is 771. The highest BCUT2D eigenvalue weighted by atomic mass is 127. The molecule has 0 radical (unpaired) electrons. The Morgan fingerprint density at radius 1 is 1.04 bits per heavy atom. The highest BCUT2D eigenvalue weighted by Gasteiger charge is 2.14. The second-order valence-corrected chi connectivity index (χ2v) is 11.0. The summed E-state index contributed by atoms with van der Waals surface area (Å²) in [4.78, 5) is 13.2. The van der Waals surface area contributed by atoms with Gasteiger partial charge in [-0.2, -0.15) is 0 Å². The van der Waals surface area contributed by atoms with E-state index in [1.165, 1.54) is 0 Å². The van der Waals surface area contributed by atoms with Gasteiger partial charge in [0.25, 0.3) is 0 Å². The lowest BCUT2D eigenvalue weighted by Crippen LogP contribution is -2.07. The van der Waals surface area contributed by atoms with Gasteiger partial charge in [0.05, 0.1) is 20.2 Å². The van der Waals surface area contributed by atoms with Crippen molar-refractivity contribution in [1.82, 2.24) is 0 Å². The van der Waals surface area contributed by atoms with E-state index in [1.54, 1.807) is 11.8 Å². The van der Waals surface area contributed by atoms with Crippen LogP contribution in [0, 0.1) is 14.3 Å². The summed E-state index contributed by atoms with van der Waals surface area (Å²) >= 11 is 10.8. The molecule has 0 spiro atoms. The summed E-state index contributed by atoms with van der Waals surface area (Å²) in [5.41, 5.74) is 6.35. The van der Waals surface area contributed by atoms with E-state index in [0.717, 1.165) is 41.8 Å². The average molecular weight is 821 g/mol. The summed E-state index contributed by atoms with van der Waals surface area (Å²) in [5.74, 6) is 0.0940. The Morgan fingerprint density at radius 2 is 1.62 bits per heavy atom. The molecule has 9 heteroatoms. The first-order chi connectivity index (χ1) is 12.3. The molecule has 0 atom stereocenters. The number of halogens is 4. The molecule has 2 aromatic carbocycles. The minimum atomic E-state index is -0.814. The van der Waals surface area contributed by atoms with Gasteiger partial charge >= 0.3 is 5.97 Å². The molecule has 0 unspecified atom stereocenters. The maximum atomic E-state index is 10.9. The van der Waals surface area contributed by atoms with Crippen LogP contribution in [0.15, 0.2) is 34.1 Å². The van der Waals surface area contributed by atoms with E-state index in [0.29, 0.717) is 13.2 Å². The van der Waals surface area contributed by atoms with Crippen LogP contribution >= 0.6 is 102 Å². The van der Waals surface area contributed by atoms with E-state index in [9.17, 15) is 4.79 Å². The minimum absolute atomic E-state index is 0.0432. The van der Waals surface area contributed by atoms with Crippen molar-refractivity contribution < 1.29 is 14.6 Å². The third-order valence-corrected chi connectivity index (χ3v) is 8.35. The smallest absolute Gasteiger partial charge is 0.307 e. The maximum Gasteiger partial charge on any atom is 0.307 e. The van der Waals surface area contributed by atoms with Gasteiger partial charge in [-0.05, 0) is 133 Å². The van der Waals surface area contributed by atoms with Crippen LogP contribution in [0.5, 0.6) is 5.75 Å². The molecule has 2 aromatic rings. The number of carboxylic acid groups (broad SMARTS) is 1. The Morgan fingerprint density at radius 3 is 2.12 bits per heavy atom. The monoisotopic (exact) mass is 821 g/mol. The molecule has 0 fully saturated rings. The molecular weight excluding hydrogens is 806 g/mol. The number of carbonyl (C=O) groups is 1. The zero-order valence-electron chi connectivity index (χ0n) is 13.4. The standard InChI is InChI=1S/C17H15I4NO3S/c18-11-7-10(8-12(19)16(11)25-3-1-2-22)26-17-13(20)4-9(5-14(17)21)6-15(23)24/h4-5,7-8H,1-3,6,22H2,(H,23,24). The molecule has 26 heavy (non-hydrogen) atoms. The van der Waals surface area contributed by atoms with Crippen molar-refractivity contribution in [2.75, 3.05) is 13.2 Å². The second kappa shape index (κ2) is 11.2. The molecule has 0 aliphatic rings. The number of nitrogens with two attached hydrogens (primary N) is 1. The molecule has 0 aromatic heterocycles. The molecule has 140 valence electrons. The van der Waals surface area contributed by atoms with Gasteiger partial charge in [-0.25, -0.2) is 0 Å². The van der Waals surface area contributed by atoms with Gasteiger partial charge in [-0.3, -0.25) is 4.79 Å². The van der Waals surface area contributed by atoms with Gasteiger partial charge in [0, 0.05) is 16.9 Å². The molecule has 0 aliphatic carbocycles. The number of aliphatic carboxylic acids is 1. The molecule has 4 nitrogen and oxygen atoms in total. The fraction of sp³-hybridized carbons (Fsp3) is 0.235. The van der Waals surface area contributed by atoms with Crippen molar-refractivity contribution in [3.8, 4) is 5.75 Å². The van der Waals surface area contributed by atoms with Gasteiger partial charge in [-0.1, -0.05) is 11.8 Å². The van der Waals surface area contributed by atoms with Gasteiger partial charge in [0.1, 0.15) is 5.75 Å². The maximum absolute atomic E-state index is 10.9. The van der Waals surface area contributed by atoms with Crippen LogP contribution < -0.4 is 10.5 Å². The van der Waals surface area contributed by atoms with Crippen molar-refractivity contribution >= 4 is 108 Å². The molecular formula is C17H15I4NO3S. The van der Waals surface area contributed by atoms with E-state index >= 15 is 0 Å². The number of hydrogen-bond donors (Lipinski definition) is 2. The number of carboxylic acids is 1. The first kappa shape index (κ1) is 23.2. The predicted molar refractivity (Wildman–Crippen MR) is 138 cm³/mol. The molecule has 0 saturated heterocycles. The van der Waals surface area contributed by atoms with Crippen LogP contribution in [0.25, 0.3) is 0 Å². The van der Waals surface area contributed by atoms with E-state index < -0.39 is 5.97 Å². The van der Waals surface area contributed by atoms with Crippen LogP contribution in [0.3, 0.4) is 0 Å². The Labute approximate surface area is 211 Å². The quantitative estimate of drug-likeness (QED) is 0.268. The summed E-state index contributed by atoms with van der Waals surface area (Å²) in [6.45, 7) is 1.24. The zero-order valence-corrected chi connectivity index (χ0v) is 22.8. The Balaban J connectivity index is 2.24. The van der Waals surface area contributed by atoms with Gasteiger partial charge in [-0.15, -0.1) is 0 Å². The topological polar surface area (TPSA) is 72.5 Å². The van der Waals surface area contributed by atoms with Crippen molar-refractivity contribution in [2.45, 2.75) is 22.6 Å². The van der Waals surface area contributed by atoms with Crippen LogP contribution in [-0.2, 0) is 11.2 Å². The third-order valence-electron chi connectivity index (χ3n) is 3.20. The van der Waals surface area contributed by atoms with Gasteiger partial charge in [0.2, 0.25) is 0 Å². The highest BCUT2D eigenvalue weighted by Crippen LogP contribution is 2.39. The lowest BCUT2D eigenvalue weighted by atomic mass is 10.2. The van der Waals surface area contributed by atoms with E-state index in [4.69, 9.17) is 15.6 Å². The normalized spacial score (nSPS) is 10.8. The van der Waals surface area contributed by atoms with E-state index in [1.807, 2.05) is 12.1 Å². The number of rotatable bonds is 8. The summed E-state index contributed by atoms with van der Waals surface area (Å²) in [7, 11) is 0. The highest BCUT2D eigenvalue weighted by molar-refractivity contribution is 14.1. The molecule has 3 N–H and O–H groups in total. The summed E-state index contributed by atoms with van der Waals surface area (Å²) in [6, 6.07) is 8.11. The first-order valence-electron chi connectivity index (χ1n) is 7.51. The third kappa shape index (κ3) is 6.77. The van der Waals surface area contributed by atoms with Crippen LogP contribution in [0.2, 0.25) is 0 Å². The lowest BCUT2D eigenvalue weighted by Gasteiger charge is -2.14. The average Bonchev–Trinajstić information content (AvgIpc) is 2.53. The van der Waals surface area contributed by atoms with E-state index in [-0.39, 0.29) is 6.42 Å². The predicted octanol–water partition coefficient (Wildman–Crippen LogP) is 5.61. The van der Waals surface area contributed by atoms with Gasteiger partial charge < -0.3 is 15.6 Å². The molecule has 0 heterocycles. The molecule has 0 aliphatic heterocycles. The molecule has 0 amide bonds. The Kier molecular flexibility index (Phi) is 10.0. The molecule has 2 rings (SSSR count). The summed E-state index contributed by atoms with van der Waals surface area (Å²) in [5, 5.41) is 8.99. The largest absolute Gasteiger partial charge is 0.491 e. The zero-order chi connectivity index (χ0) is 19.3. The van der Waals surface area contributed by atoms with E-state index in [2.05, 4.69) is 102 Å². The van der Waals surface area contributed by atoms with Crippen molar-refractivity contribution in [3.05, 3.63) is 44.1 Å². The summed E-state index contributed by atoms with van der Waals surface area (Å²) < 4.78 is 10.1. The number of hydrogen-bond acceptors (Lipinski definition) is 4.